The van der Waals surface area contributed by atoms with Gasteiger partial charge >= 0.3 is 0 Å². The van der Waals surface area contributed by atoms with Crippen molar-refractivity contribution in [1.29, 1.82) is 0 Å². The van der Waals surface area contributed by atoms with Crippen molar-refractivity contribution in [2.75, 3.05) is 19.4 Å². The van der Waals surface area contributed by atoms with Crippen molar-refractivity contribution in [1.82, 2.24) is 24.6 Å². The lowest BCUT2D eigenvalue weighted by atomic mass is 10.0. The van der Waals surface area contributed by atoms with E-state index in [1.165, 1.54) is 18.2 Å². The van der Waals surface area contributed by atoms with E-state index in [9.17, 15) is 4.79 Å². The van der Waals surface area contributed by atoms with E-state index in [1.54, 1.807) is 13.3 Å². The minimum atomic E-state index is 0.149. The molecule has 0 saturated carbocycles. The van der Waals surface area contributed by atoms with E-state index >= 15 is 0 Å². The van der Waals surface area contributed by atoms with Crippen molar-refractivity contribution in [2.45, 2.75) is 37.4 Å². The number of rotatable bonds is 6. The van der Waals surface area contributed by atoms with Crippen LogP contribution >= 0.6 is 11.8 Å². The number of piperidine rings is 1. The molecule has 0 aliphatic carbocycles. The van der Waals surface area contributed by atoms with E-state index in [-0.39, 0.29) is 5.91 Å². The molecule has 1 aliphatic rings. The highest BCUT2D eigenvalue weighted by atomic mass is 32.2. The summed E-state index contributed by atoms with van der Waals surface area (Å²) in [5.74, 6) is 1.90. The molecular formula is C22H25N5O2S. The smallest absolute Gasteiger partial charge is 0.233 e. The Balaban J connectivity index is 1.62. The van der Waals surface area contributed by atoms with Gasteiger partial charge in [0, 0.05) is 18.8 Å². The zero-order valence-electron chi connectivity index (χ0n) is 17.2. The van der Waals surface area contributed by atoms with Gasteiger partial charge in [-0.15, -0.1) is 10.2 Å². The molecule has 4 rings (SSSR count). The lowest BCUT2D eigenvalue weighted by Crippen LogP contribution is -2.42. The molecule has 7 nitrogen and oxygen atoms in total. The monoisotopic (exact) mass is 423 g/mol. The van der Waals surface area contributed by atoms with E-state index in [4.69, 9.17) is 4.74 Å². The molecule has 1 saturated heterocycles. The average Bonchev–Trinajstić information content (AvgIpc) is 3.22. The summed E-state index contributed by atoms with van der Waals surface area (Å²) >= 11 is 1.41. The minimum Gasteiger partial charge on any atom is -0.497 e. The zero-order chi connectivity index (χ0) is 20.9. The highest BCUT2D eigenvalue weighted by molar-refractivity contribution is 7.99. The van der Waals surface area contributed by atoms with Gasteiger partial charge in [0.2, 0.25) is 5.91 Å². The van der Waals surface area contributed by atoms with Crippen LogP contribution in [-0.4, -0.2) is 56.0 Å². The molecule has 1 aliphatic heterocycles. The molecule has 0 radical (unpaired) electrons. The predicted octanol–water partition coefficient (Wildman–Crippen LogP) is 3.83. The Hall–Kier alpha value is -2.87. The lowest BCUT2D eigenvalue weighted by molar-refractivity contribution is -0.131. The summed E-state index contributed by atoms with van der Waals surface area (Å²) in [6, 6.07) is 13.7. The average molecular weight is 424 g/mol. The second kappa shape index (κ2) is 9.30. The number of nitrogens with zero attached hydrogens (tertiary/aromatic N) is 5. The number of hydrogen-bond donors (Lipinski definition) is 0. The molecule has 1 unspecified atom stereocenters. The van der Waals surface area contributed by atoms with E-state index in [0.717, 1.165) is 36.5 Å². The normalized spacial score (nSPS) is 16.5. The second-order valence-electron chi connectivity index (χ2n) is 7.28. The third kappa shape index (κ3) is 4.33. The molecule has 0 N–H and O–H groups in total. The number of hydrogen-bond acceptors (Lipinski definition) is 6. The fourth-order valence-electron chi connectivity index (χ4n) is 3.67. The molecule has 1 aromatic carbocycles. The van der Waals surface area contributed by atoms with Gasteiger partial charge in [-0.3, -0.25) is 14.3 Å². The van der Waals surface area contributed by atoms with Crippen LogP contribution in [0.5, 0.6) is 5.75 Å². The maximum Gasteiger partial charge on any atom is 0.233 e. The van der Waals surface area contributed by atoms with Gasteiger partial charge in [-0.1, -0.05) is 17.8 Å². The van der Waals surface area contributed by atoms with Gasteiger partial charge in [0.25, 0.3) is 0 Å². The van der Waals surface area contributed by atoms with Crippen LogP contribution in [0.2, 0.25) is 0 Å². The van der Waals surface area contributed by atoms with Crippen LogP contribution in [0, 0.1) is 0 Å². The number of ether oxygens (including phenoxy) is 1. The van der Waals surface area contributed by atoms with Gasteiger partial charge in [-0.2, -0.15) is 0 Å². The molecule has 0 bridgehead atoms. The van der Waals surface area contributed by atoms with Crippen LogP contribution in [-0.2, 0) is 4.79 Å². The second-order valence-corrected chi connectivity index (χ2v) is 8.22. The van der Waals surface area contributed by atoms with Crippen molar-refractivity contribution < 1.29 is 9.53 Å². The Labute approximate surface area is 180 Å². The number of thioether (sulfide) groups is 1. The van der Waals surface area contributed by atoms with E-state index in [1.807, 2.05) is 51.9 Å². The summed E-state index contributed by atoms with van der Waals surface area (Å²) in [4.78, 5) is 19.2. The Kier molecular flexibility index (Phi) is 6.32. The molecule has 2 aromatic heterocycles. The fraction of sp³-hybridized carbons (Fsp3) is 0.364. The van der Waals surface area contributed by atoms with Crippen molar-refractivity contribution in [3.63, 3.8) is 0 Å². The third-order valence-corrected chi connectivity index (χ3v) is 6.22. The highest BCUT2D eigenvalue weighted by Crippen LogP contribution is 2.28. The van der Waals surface area contributed by atoms with Gasteiger partial charge in [-0.25, -0.2) is 0 Å². The van der Waals surface area contributed by atoms with E-state index in [0.29, 0.717) is 22.8 Å². The first-order valence-corrected chi connectivity index (χ1v) is 11.1. The maximum atomic E-state index is 12.8. The summed E-state index contributed by atoms with van der Waals surface area (Å²) in [7, 11) is 1.64. The summed E-state index contributed by atoms with van der Waals surface area (Å²) < 4.78 is 7.22. The van der Waals surface area contributed by atoms with Gasteiger partial charge < -0.3 is 9.64 Å². The summed E-state index contributed by atoms with van der Waals surface area (Å²) in [5.41, 5.74) is 1.62. The molecule has 30 heavy (non-hydrogen) atoms. The highest BCUT2D eigenvalue weighted by Gasteiger charge is 2.24. The van der Waals surface area contributed by atoms with Crippen LogP contribution in [0.1, 0.15) is 26.2 Å². The first kappa shape index (κ1) is 20.4. The molecule has 8 heteroatoms. The number of amides is 1. The molecule has 1 fully saturated rings. The van der Waals surface area contributed by atoms with Crippen LogP contribution in [0.25, 0.3) is 17.2 Å². The Bertz CT molecular complexity index is 991. The predicted molar refractivity (Wildman–Crippen MR) is 117 cm³/mol. The van der Waals surface area contributed by atoms with Gasteiger partial charge in [-0.05, 0) is 62.6 Å². The molecular weight excluding hydrogens is 398 g/mol. The Morgan fingerprint density at radius 1 is 1.17 bits per heavy atom. The molecule has 3 heterocycles. The number of aromatic nitrogens is 4. The number of carbonyl (C=O) groups is 1. The molecule has 3 aromatic rings. The molecule has 0 spiro atoms. The van der Waals surface area contributed by atoms with Crippen LogP contribution in [0.4, 0.5) is 0 Å². The first-order chi connectivity index (χ1) is 14.7. The van der Waals surface area contributed by atoms with Crippen molar-refractivity contribution in [3.8, 4) is 23.0 Å². The number of likely N-dealkylation sites (tertiary alicyclic amines) is 1. The van der Waals surface area contributed by atoms with Crippen molar-refractivity contribution in [2.24, 2.45) is 0 Å². The fourth-order valence-corrected chi connectivity index (χ4v) is 4.50. The van der Waals surface area contributed by atoms with Gasteiger partial charge in [0.05, 0.1) is 18.6 Å². The quantitative estimate of drug-likeness (QED) is 0.561. The van der Waals surface area contributed by atoms with E-state index < -0.39 is 0 Å². The number of benzene rings is 1. The van der Waals surface area contributed by atoms with Crippen LogP contribution < -0.4 is 4.74 Å². The minimum absolute atomic E-state index is 0.149. The standard InChI is InChI=1S/C22H25N5O2S/c1-16-7-4-6-14-26(16)20(28)15-30-22-25-24-21(19-8-3-5-13-23-19)27(22)17-9-11-18(29-2)12-10-17/h3,5,8-13,16H,4,6-7,14-15H2,1-2H3. The molecule has 156 valence electrons. The van der Waals surface area contributed by atoms with Crippen molar-refractivity contribution >= 4 is 17.7 Å². The maximum absolute atomic E-state index is 12.8. The third-order valence-electron chi connectivity index (χ3n) is 5.31. The summed E-state index contributed by atoms with van der Waals surface area (Å²) in [5, 5.41) is 9.43. The first-order valence-electron chi connectivity index (χ1n) is 10.1. The van der Waals surface area contributed by atoms with Crippen molar-refractivity contribution in [3.05, 3.63) is 48.7 Å². The number of methoxy groups -OCH3 is 1. The van der Waals surface area contributed by atoms with E-state index in [2.05, 4.69) is 22.1 Å². The van der Waals surface area contributed by atoms with Gasteiger partial charge in [0.1, 0.15) is 11.4 Å². The Morgan fingerprint density at radius 3 is 2.70 bits per heavy atom. The Morgan fingerprint density at radius 2 is 2.00 bits per heavy atom. The number of carbonyl (C=O) groups excluding carboxylic acids is 1. The molecule has 1 atom stereocenters. The topological polar surface area (TPSA) is 73.1 Å². The zero-order valence-corrected chi connectivity index (χ0v) is 18.0. The largest absolute Gasteiger partial charge is 0.497 e. The van der Waals surface area contributed by atoms with Crippen LogP contribution in [0.15, 0.2) is 53.8 Å². The van der Waals surface area contributed by atoms with Gasteiger partial charge in [0.15, 0.2) is 11.0 Å². The summed E-state index contributed by atoms with van der Waals surface area (Å²) in [6.45, 7) is 2.96. The lowest BCUT2D eigenvalue weighted by Gasteiger charge is -2.33. The SMILES string of the molecule is COc1ccc(-n2c(SCC(=O)N3CCCCC3C)nnc2-c2ccccn2)cc1. The number of pyridine rings is 1. The summed E-state index contributed by atoms with van der Waals surface area (Å²) in [6.07, 6.45) is 5.07. The van der Waals surface area contributed by atoms with Crippen LogP contribution in [0.3, 0.4) is 0 Å². The molecule has 1 amide bonds.